The number of carboxylic acids is 1. The van der Waals surface area contributed by atoms with Crippen molar-refractivity contribution in [3.8, 4) is 5.75 Å². The Morgan fingerprint density at radius 3 is 2.53 bits per heavy atom. The van der Waals surface area contributed by atoms with Gasteiger partial charge in [0.25, 0.3) is 0 Å². The van der Waals surface area contributed by atoms with Crippen molar-refractivity contribution in [2.45, 2.75) is 13.5 Å². The predicted octanol–water partition coefficient (Wildman–Crippen LogP) is 2.41. The highest BCUT2D eigenvalue weighted by Gasteiger charge is 2.04. The smallest absolute Gasteiger partial charge is 0.335 e. The standard InChI is InChI=1S/C14H14N2O3/c1-9-2-7-13(17)12(16-9)8-15-11-5-3-10(4-6-11)14(18)19/h2-7,15,17H,8H2,1H3,(H,18,19). The molecule has 0 saturated heterocycles. The molecule has 0 radical (unpaired) electrons. The number of pyridine rings is 1. The average molecular weight is 258 g/mol. The number of benzene rings is 1. The van der Waals surface area contributed by atoms with Gasteiger partial charge in [-0.3, -0.25) is 4.98 Å². The fourth-order valence-corrected chi connectivity index (χ4v) is 1.65. The lowest BCUT2D eigenvalue weighted by Gasteiger charge is -2.08. The van der Waals surface area contributed by atoms with Gasteiger partial charge in [0, 0.05) is 11.4 Å². The highest BCUT2D eigenvalue weighted by Crippen LogP contribution is 2.17. The summed E-state index contributed by atoms with van der Waals surface area (Å²) in [5, 5.41) is 21.5. The molecular weight excluding hydrogens is 244 g/mol. The number of aromatic carboxylic acids is 1. The molecule has 0 spiro atoms. The average Bonchev–Trinajstić information content (AvgIpc) is 2.40. The second-order valence-electron chi connectivity index (χ2n) is 4.15. The van der Waals surface area contributed by atoms with E-state index in [-0.39, 0.29) is 11.3 Å². The van der Waals surface area contributed by atoms with Crippen LogP contribution >= 0.6 is 0 Å². The molecule has 0 amide bonds. The van der Waals surface area contributed by atoms with Crippen molar-refractivity contribution in [2.75, 3.05) is 5.32 Å². The summed E-state index contributed by atoms with van der Waals surface area (Å²) in [6.07, 6.45) is 0. The number of nitrogens with zero attached hydrogens (tertiary/aromatic N) is 1. The third-order valence-corrected chi connectivity index (χ3v) is 2.68. The molecular formula is C14H14N2O3. The maximum absolute atomic E-state index is 10.7. The summed E-state index contributed by atoms with van der Waals surface area (Å²) in [6, 6.07) is 9.74. The highest BCUT2D eigenvalue weighted by atomic mass is 16.4. The van der Waals surface area contributed by atoms with Gasteiger partial charge in [0.15, 0.2) is 0 Å². The minimum atomic E-state index is -0.954. The number of hydrogen-bond donors (Lipinski definition) is 3. The molecule has 0 aliphatic rings. The van der Waals surface area contributed by atoms with Crippen LogP contribution in [0.4, 0.5) is 5.69 Å². The summed E-state index contributed by atoms with van der Waals surface area (Å²) >= 11 is 0. The van der Waals surface area contributed by atoms with Gasteiger partial charge in [-0.2, -0.15) is 0 Å². The number of anilines is 1. The van der Waals surface area contributed by atoms with Gasteiger partial charge in [-0.15, -0.1) is 0 Å². The number of carboxylic acid groups (broad SMARTS) is 1. The van der Waals surface area contributed by atoms with Crippen molar-refractivity contribution in [2.24, 2.45) is 0 Å². The first kappa shape index (κ1) is 12.9. The molecule has 5 nitrogen and oxygen atoms in total. The van der Waals surface area contributed by atoms with Gasteiger partial charge in [0.2, 0.25) is 0 Å². The second kappa shape index (κ2) is 5.39. The van der Waals surface area contributed by atoms with Crippen LogP contribution in [0.5, 0.6) is 5.75 Å². The normalized spacial score (nSPS) is 10.2. The van der Waals surface area contributed by atoms with Crippen LogP contribution in [-0.4, -0.2) is 21.2 Å². The summed E-state index contributed by atoms with van der Waals surface area (Å²) in [4.78, 5) is 14.9. The van der Waals surface area contributed by atoms with E-state index < -0.39 is 5.97 Å². The van der Waals surface area contributed by atoms with Crippen molar-refractivity contribution < 1.29 is 15.0 Å². The summed E-state index contributed by atoms with van der Waals surface area (Å²) < 4.78 is 0. The molecule has 2 aromatic rings. The van der Waals surface area contributed by atoms with Gasteiger partial charge in [-0.05, 0) is 43.3 Å². The Morgan fingerprint density at radius 2 is 1.89 bits per heavy atom. The molecule has 0 aliphatic carbocycles. The number of aromatic hydroxyl groups is 1. The van der Waals surface area contributed by atoms with E-state index in [1.165, 1.54) is 12.1 Å². The molecule has 3 N–H and O–H groups in total. The van der Waals surface area contributed by atoms with Gasteiger partial charge >= 0.3 is 5.97 Å². The predicted molar refractivity (Wildman–Crippen MR) is 71.4 cm³/mol. The molecule has 5 heteroatoms. The van der Waals surface area contributed by atoms with Crippen molar-refractivity contribution in [3.05, 3.63) is 53.3 Å². The van der Waals surface area contributed by atoms with Crippen LogP contribution in [-0.2, 0) is 6.54 Å². The molecule has 1 heterocycles. The van der Waals surface area contributed by atoms with Gasteiger partial charge in [0.1, 0.15) is 11.4 Å². The van der Waals surface area contributed by atoms with E-state index in [1.54, 1.807) is 24.3 Å². The Kier molecular flexibility index (Phi) is 3.66. The lowest BCUT2D eigenvalue weighted by atomic mass is 10.2. The van der Waals surface area contributed by atoms with E-state index in [1.807, 2.05) is 6.92 Å². The van der Waals surface area contributed by atoms with E-state index in [4.69, 9.17) is 5.11 Å². The van der Waals surface area contributed by atoms with Crippen LogP contribution in [0.25, 0.3) is 0 Å². The number of rotatable bonds is 4. The number of hydrogen-bond acceptors (Lipinski definition) is 4. The van der Waals surface area contributed by atoms with E-state index in [2.05, 4.69) is 10.3 Å². The van der Waals surface area contributed by atoms with E-state index >= 15 is 0 Å². The first-order valence-electron chi connectivity index (χ1n) is 5.79. The monoisotopic (exact) mass is 258 g/mol. The van der Waals surface area contributed by atoms with Crippen LogP contribution < -0.4 is 5.32 Å². The minimum absolute atomic E-state index is 0.139. The van der Waals surface area contributed by atoms with Crippen LogP contribution in [0.1, 0.15) is 21.7 Å². The fourth-order valence-electron chi connectivity index (χ4n) is 1.65. The molecule has 0 bridgehead atoms. The largest absolute Gasteiger partial charge is 0.506 e. The van der Waals surface area contributed by atoms with Crippen molar-refractivity contribution in [1.29, 1.82) is 0 Å². The zero-order chi connectivity index (χ0) is 13.8. The molecule has 0 atom stereocenters. The van der Waals surface area contributed by atoms with Crippen LogP contribution in [0.3, 0.4) is 0 Å². The summed E-state index contributed by atoms with van der Waals surface area (Å²) in [5.74, 6) is -0.815. The Balaban J connectivity index is 2.06. The van der Waals surface area contributed by atoms with Gasteiger partial charge in [-0.25, -0.2) is 4.79 Å². The van der Waals surface area contributed by atoms with E-state index in [0.717, 1.165) is 11.4 Å². The fraction of sp³-hybridized carbons (Fsp3) is 0.143. The summed E-state index contributed by atoms with van der Waals surface area (Å²) in [5.41, 5.74) is 2.40. The first-order chi connectivity index (χ1) is 9.06. The topological polar surface area (TPSA) is 82.5 Å². The van der Waals surface area contributed by atoms with Gasteiger partial charge in [0.05, 0.1) is 12.1 Å². The molecule has 19 heavy (non-hydrogen) atoms. The van der Waals surface area contributed by atoms with Crippen molar-refractivity contribution in [3.63, 3.8) is 0 Å². The number of nitrogens with one attached hydrogen (secondary N) is 1. The maximum atomic E-state index is 10.7. The van der Waals surface area contributed by atoms with Crippen molar-refractivity contribution >= 4 is 11.7 Å². The molecule has 2 rings (SSSR count). The summed E-state index contributed by atoms with van der Waals surface area (Å²) in [6.45, 7) is 2.23. The van der Waals surface area contributed by atoms with Crippen LogP contribution in [0, 0.1) is 6.92 Å². The molecule has 1 aromatic carbocycles. The van der Waals surface area contributed by atoms with Gasteiger partial charge < -0.3 is 15.5 Å². The van der Waals surface area contributed by atoms with Crippen molar-refractivity contribution in [1.82, 2.24) is 4.98 Å². The molecule has 98 valence electrons. The third kappa shape index (κ3) is 3.22. The molecule has 0 saturated carbocycles. The SMILES string of the molecule is Cc1ccc(O)c(CNc2ccc(C(=O)O)cc2)n1. The lowest BCUT2D eigenvalue weighted by molar-refractivity contribution is 0.0697. The van der Waals surface area contributed by atoms with E-state index in [9.17, 15) is 9.90 Å². The summed E-state index contributed by atoms with van der Waals surface area (Å²) in [7, 11) is 0. The zero-order valence-corrected chi connectivity index (χ0v) is 10.4. The zero-order valence-electron chi connectivity index (χ0n) is 10.4. The second-order valence-corrected chi connectivity index (χ2v) is 4.15. The Bertz CT molecular complexity index is 594. The van der Waals surface area contributed by atoms with Crippen LogP contribution in [0.2, 0.25) is 0 Å². The Labute approximate surface area is 110 Å². The minimum Gasteiger partial charge on any atom is -0.506 e. The molecule has 0 aliphatic heterocycles. The maximum Gasteiger partial charge on any atom is 0.335 e. The number of aromatic nitrogens is 1. The van der Waals surface area contributed by atoms with Gasteiger partial charge in [-0.1, -0.05) is 0 Å². The third-order valence-electron chi connectivity index (χ3n) is 2.68. The molecule has 1 aromatic heterocycles. The quantitative estimate of drug-likeness (QED) is 0.784. The Morgan fingerprint density at radius 1 is 1.21 bits per heavy atom. The Hall–Kier alpha value is -2.56. The number of aryl methyl sites for hydroxylation is 1. The molecule has 0 unspecified atom stereocenters. The number of carbonyl (C=O) groups is 1. The van der Waals surface area contributed by atoms with E-state index in [0.29, 0.717) is 12.2 Å². The first-order valence-corrected chi connectivity index (χ1v) is 5.79. The van der Waals surface area contributed by atoms with Crippen LogP contribution in [0.15, 0.2) is 36.4 Å². The molecule has 0 fully saturated rings. The highest BCUT2D eigenvalue weighted by molar-refractivity contribution is 5.87. The lowest BCUT2D eigenvalue weighted by Crippen LogP contribution is -2.03.